The van der Waals surface area contributed by atoms with Crippen LogP contribution in [0.15, 0.2) is 80.7 Å². The lowest BCUT2D eigenvalue weighted by Gasteiger charge is -2.08. The predicted molar refractivity (Wildman–Crippen MR) is 156 cm³/mol. The molecule has 1 aromatic heterocycles. The lowest BCUT2D eigenvalue weighted by atomic mass is 10.0. The highest BCUT2D eigenvalue weighted by Crippen LogP contribution is 2.24. The van der Waals surface area contributed by atoms with E-state index in [4.69, 9.17) is 0 Å². The molecule has 1 unspecified atom stereocenters. The fraction of sp³-hybridized carbons (Fsp3) is 0.310. The first-order chi connectivity index (χ1) is 18.0. The minimum atomic E-state index is -0.0710. The maximum absolute atomic E-state index is 12.4. The second-order valence-electron chi connectivity index (χ2n) is 8.72. The molecule has 8 heteroatoms. The van der Waals surface area contributed by atoms with Gasteiger partial charge in [0, 0.05) is 68.7 Å². The molecule has 1 aliphatic heterocycles. The summed E-state index contributed by atoms with van der Waals surface area (Å²) in [6, 6.07) is 1.92. The van der Waals surface area contributed by atoms with Crippen LogP contribution in [0.1, 0.15) is 48.9 Å². The van der Waals surface area contributed by atoms with Crippen LogP contribution < -0.4 is 16.1 Å². The molecule has 0 fully saturated rings. The predicted octanol–water partition coefficient (Wildman–Crippen LogP) is 4.39. The van der Waals surface area contributed by atoms with Crippen molar-refractivity contribution in [3.63, 3.8) is 0 Å². The van der Waals surface area contributed by atoms with E-state index < -0.39 is 0 Å². The van der Waals surface area contributed by atoms with E-state index in [1.807, 2.05) is 68.3 Å². The molecule has 2 heterocycles. The van der Waals surface area contributed by atoms with Gasteiger partial charge in [-0.25, -0.2) is 0 Å². The largest absolute Gasteiger partial charge is 0.351 e. The first-order valence-electron chi connectivity index (χ1n) is 12.5. The number of carbonyl (C=O) groups excluding carboxylic acids is 1. The standard InChI is InChI=1S/C29H37N7O/c1-6-9-25(13-12-21(3)24-19-33-34-20-24)35-28(30-4)14-15-31-18-22-10-8-11-23-17-27(29(37)32-7-2)36(5)26(23)16-22/h6,8-9,11-19,24,34H,7,10,20H2,1-5H3,(H,30,35)(H,32,37)/b9-6-,15-14-,21-12+,25-13+,31-18+. The Balaban J connectivity index is 1.69. The summed E-state index contributed by atoms with van der Waals surface area (Å²) in [5, 5.41) is 10.3. The number of allylic oxidation sites excluding steroid dienone is 6. The van der Waals surface area contributed by atoms with Crippen molar-refractivity contribution in [3.05, 3.63) is 82.5 Å². The van der Waals surface area contributed by atoms with Crippen LogP contribution >= 0.6 is 0 Å². The quantitative estimate of drug-likeness (QED) is 0.267. The fourth-order valence-electron chi connectivity index (χ4n) is 3.93. The summed E-state index contributed by atoms with van der Waals surface area (Å²) in [6.07, 6.45) is 22.4. The van der Waals surface area contributed by atoms with Gasteiger partial charge in [0.05, 0.1) is 0 Å². The van der Waals surface area contributed by atoms with Crippen molar-refractivity contribution in [1.82, 2.24) is 20.6 Å². The molecule has 37 heavy (non-hydrogen) atoms. The number of hydrogen-bond acceptors (Lipinski definition) is 5. The number of rotatable bonds is 9. The summed E-state index contributed by atoms with van der Waals surface area (Å²) in [5.41, 5.74) is 8.85. The molecule has 194 valence electrons. The van der Waals surface area contributed by atoms with Gasteiger partial charge in [-0.2, -0.15) is 5.10 Å². The average molecular weight is 500 g/mol. The van der Waals surface area contributed by atoms with Crippen LogP contribution in [0.5, 0.6) is 0 Å². The summed E-state index contributed by atoms with van der Waals surface area (Å²) < 4.78 is 1.92. The van der Waals surface area contributed by atoms with Crippen LogP contribution in [0.3, 0.4) is 0 Å². The van der Waals surface area contributed by atoms with E-state index in [0.717, 1.165) is 35.5 Å². The Hall–Kier alpha value is -4.20. The van der Waals surface area contributed by atoms with E-state index in [2.05, 4.69) is 62.4 Å². The third-order valence-corrected chi connectivity index (χ3v) is 6.04. The van der Waals surface area contributed by atoms with Gasteiger partial charge in [0.25, 0.3) is 5.91 Å². The molecule has 0 aromatic carbocycles. The number of hydrogen-bond donors (Lipinski definition) is 3. The normalized spacial score (nSPS) is 18.5. The van der Waals surface area contributed by atoms with Gasteiger partial charge in [-0.3, -0.25) is 14.8 Å². The number of fused-ring (bicyclic) bond motifs is 1. The van der Waals surface area contributed by atoms with Crippen molar-refractivity contribution in [2.75, 3.05) is 20.1 Å². The first-order valence-corrected chi connectivity index (χ1v) is 12.5. The number of carbonyl (C=O) groups is 1. The fourth-order valence-corrected chi connectivity index (χ4v) is 3.93. The van der Waals surface area contributed by atoms with E-state index in [1.165, 1.54) is 5.57 Å². The Kier molecular flexibility index (Phi) is 10.2. The minimum Gasteiger partial charge on any atom is -0.351 e. The van der Waals surface area contributed by atoms with Crippen molar-refractivity contribution in [2.24, 2.45) is 28.1 Å². The Morgan fingerprint density at radius 3 is 2.86 bits per heavy atom. The molecule has 1 amide bonds. The van der Waals surface area contributed by atoms with Crippen molar-refractivity contribution in [2.45, 2.75) is 27.2 Å². The summed E-state index contributed by atoms with van der Waals surface area (Å²) in [7, 11) is 3.65. The van der Waals surface area contributed by atoms with Crippen molar-refractivity contribution in [1.29, 1.82) is 0 Å². The van der Waals surface area contributed by atoms with Gasteiger partial charge in [-0.1, -0.05) is 29.9 Å². The molecule has 1 aliphatic carbocycles. The van der Waals surface area contributed by atoms with E-state index >= 15 is 0 Å². The molecule has 1 aromatic rings. The van der Waals surface area contributed by atoms with Gasteiger partial charge in [0.2, 0.25) is 0 Å². The number of hydrazone groups is 1. The first kappa shape index (κ1) is 27.4. The maximum Gasteiger partial charge on any atom is 0.267 e. The molecular weight excluding hydrogens is 462 g/mol. The van der Waals surface area contributed by atoms with Crippen molar-refractivity contribution in [3.8, 4) is 0 Å². The molecule has 0 saturated carbocycles. The highest BCUT2D eigenvalue weighted by molar-refractivity contribution is 5.96. The van der Waals surface area contributed by atoms with Crippen LogP contribution in [0.4, 0.5) is 0 Å². The zero-order valence-corrected chi connectivity index (χ0v) is 22.3. The van der Waals surface area contributed by atoms with Crippen LogP contribution in [0.2, 0.25) is 0 Å². The average Bonchev–Trinajstić information content (AvgIpc) is 3.48. The summed E-state index contributed by atoms with van der Waals surface area (Å²) >= 11 is 0. The van der Waals surface area contributed by atoms with Crippen molar-refractivity contribution < 1.29 is 4.79 Å². The molecule has 2 aliphatic rings. The smallest absolute Gasteiger partial charge is 0.267 e. The van der Waals surface area contributed by atoms with E-state index in [0.29, 0.717) is 24.0 Å². The molecule has 0 spiro atoms. The highest BCUT2D eigenvalue weighted by atomic mass is 16.1. The minimum absolute atomic E-state index is 0.0710. The Morgan fingerprint density at radius 2 is 2.16 bits per heavy atom. The molecule has 3 rings (SSSR count). The van der Waals surface area contributed by atoms with Gasteiger partial charge >= 0.3 is 0 Å². The highest BCUT2D eigenvalue weighted by Gasteiger charge is 2.16. The van der Waals surface area contributed by atoms with E-state index in [-0.39, 0.29) is 5.91 Å². The second kappa shape index (κ2) is 13.8. The summed E-state index contributed by atoms with van der Waals surface area (Å²) in [6.45, 7) is 7.43. The third-order valence-electron chi connectivity index (χ3n) is 6.04. The second-order valence-corrected chi connectivity index (χ2v) is 8.72. The molecule has 0 bridgehead atoms. The summed E-state index contributed by atoms with van der Waals surface area (Å²) in [4.78, 5) is 21.2. The Morgan fingerprint density at radius 1 is 1.32 bits per heavy atom. The number of amidine groups is 1. The molecule has 3 N–H and O–H groups in total. The van der Waals surface area contributed by atoms with Crippen LogP contribution in [-0.4, -0.2) is 48.9 Å². The monoisotopic (exact) mass is 499 g/mol. The molecular formula is C29H37N7O. The van der Waals surface area contributed by atoms with Crippen LogP contribution in [-0.2, 0) is 7.05 Å². The molecule has 8 nitrogen and oxygen atoms in total. The van der Waals surface area contributed by atoms with Crippen LogP contribution in [0, 0.1) is 5.92 Å². The Bertz CT molecular complexity index is 1250. The van der Waals surface area contributed by atoms with Gasteiger partial charge in [0.15, 0.2) is 0 Å². The van der Waals surface area contributed by atoms with E-state index in [9.17, 15) is 4.79 Å². The van der Waals surface area contributed by atoms with Gasteiger partial charge in [-0.15, -0.1) is 0 Å². The van der Waals surface area contributed by atoms with E-state index in [1.54, 1.807) is 13.2 Å². The zero-order valence-electron chi connectivity index (χ0n) is 22.3. The lowest BCUT2D eigenvalue weighted by Crippen LogP contribution is -2.24. The summed E-state index contributed by atoms with van der Waals surface area (Å²) in [5.74, 6) is 0.942. The number of aromatic nitrogens is 1. The number of aliphatic imine (C=N–C) groups is 2. The SMILES string of the molecule is C\C=C/C(=C\C=C(/C)C1C=NNC1)NC(/C=C\N=C\C1=Cc2c(cc(C(=O)NCC)n2C)C=CC1)=N/C. The molecule has 0 radical (unpaired) electrons. The molecule has 0 saturated heterocycles. The lowest BCUT2D eigenvalue weighted by molar-refractivity contribution is 0.0947. The zero-order chi connectivity index (χ0) is 26.6. The van der Waals surface area contributed by atoms with Gasteiger partial charge < -0.3 is 20.6 Å². The maximum atomic E-state index is 12.4. The topological polar surface area (TPSA) is 95.2 Å². The number of nitrogens with zero attached hydrogens (tertiary/aromatic N) is 4. The van der Waals surface area contributed by atoms with Crippen molar-refractivity contribution >= 4 is 36.3 Å². The Labute approximate surface area is 219 Å². The van der Waals surface area contributed by atoms with Gasteiger partial charge in [0.1, 0.15) is 11.5 Å². The number of amides is 1. The molecule has 1 atom stereocenters. The van der Waals surface area contributed by atoms with Crippen LogP contribution in [0.25, 0.3) is 12.2 Å². The van der Waals surface area contributed by atoms with Gasteiger partial charge in [-0.05, 0) is 63.1 Å². The number of nitrogens with one attached hydrogen (secondary N) is 3. The third kappa shape index (κ3) is 7.64.